The molecule has 0 saturated carbocycles. The second kappa shape index (κ2) is 5.60. The van der Waals surface area contributed by atoms with Gasteiger partial charge in [0.25, 0.3) is 0 Å². The zero-order valence-electron chi connectivity index (χ0n) is 9.52. The lowest BCUT2D eigenvalue weighted by Gasteiger charge is -2.01. The number of hydrogen-bond acceptors (Lipinski definition) is 4. The summed E-state index contributed by atoms with van der Waals surface area (Å²) in [7, 11) is 0. The fraction of sp³-hybridized carbons (Fsp3) is 0.154. The van der Waals surface area contributed by atoms with Crippen molar-refractivity contribution < 1.29 is 19.0 Å². The van der Waals surface area contributed by atoms with Gasteiger partial charge in [0.15, 0.2) is 11.5 Å². The minimum absolute atomic E-state index is 0.156. The van der Waals surface area contributed by atoms with E-state index in [0.717, 1.165) is 5.56 Å². The molecular weight excluding hydrogens is 256 g/mol. The average Bonchev–Trinajstić information content (AvgIpc) is 2.82. The monoisotopic (exact) mass is 266 g/mol. The summed E-state index contributed by atoms with van der Waals surface area (Å²) < 4.78 is 15.2. The van der Waals surface area contributed by atoms with E-state index in [1.165, 1.54) is 12.2 Å². The van der Waals surface area contributed by atoms with Crippen molar-refractivity contribution in [1.29, 1.82) is 0 Å². The van der Waals surface area contributed by atoms with E-state index in [1.807, 2.05) is 0 Å². The lowest BCUT2D eigenvalue weighted by atomic mass is 10.2. The Labute approximate surface area is 109 Å². The highest BCUT2D eigenvalue weighted by Crippen LogP contribution is 2.39. The van der Waals surface area contributed by atoms with Gasteiger partial charge in [-0.05, 0) is 23.8 Å². The fourth-order valence-corrected chi connectivity index (χ4v) is 1.71. The van der Waals surface area contributed by atoms with Gasteiger partial charge >= 0.3 is 5.97 Å². The number of rotatable bonds is 4. The molecule has 0 fully saturated rings. The van der Waals surface area contributed by atoms with Crippen LogP contribution in [0, 0.1) is 0 Å². The van der Waals surface area contributed by atoms with Gasteiger partial charge in [0.05, 0.1) is 5.02 Å². The Kier molecular flexibility index (Phi) is 3.89. The maximum atomic E-state index is 11.2. The van der Waals surface area contributed by atoms with Crippen molar-refractivity contribution in [3.05, 3.63) is 41.4 Å². The minimum atomic E-state index is -0.441. The van der Waals surface area contributed by atoms with Crippen LogP contribution in [0.1, 0.15) is 5.56 Å². The Balaban J connectivity index is 2.10. The highest BCUT2D eigenvalue weighted by atomic mass is 35.5. The van der Waals surface area contributed by atoms with E-state index in [-0.39, 0.29) is 13.4 Å². The Morgan fingerprint density at radius 3 is 3.11 bits per heavy atom. The van der Waals surface area contributed by atoms with Gasteiger partial charge in [-0.1, -0.05) is 24.3 Å². The molecule has 0 radical (unpaired) electrons. The maximum Gasteiger partial charge on any atom is 0.331 e. The van der Waals surface area contributed by atoms with E-state index in [4.69, 9.17) is 25.8 Å². The van der Waals surface area contributed by atoms with E-state index < -0.39 is 5.97 Å². The van der Waals surface area contributed by atoms with Gasteiger partial charge < -0.3 is 14.2 Å². The van der Waals surface area contributed by atoms with E-state index in [0.29, 0.717) is 16.5 Å². The van der Waals surface area contributed by atoms with Crippen LogP contribution in [-0.2, 0) is 9.53 Å². The van der Waals surface area contributed by atoms with Crippen molar-refractivity contribution in [2.24, 2.45) is 0 Å². The number of carbonyl (C=O) groups excluding carboxylic acids is 1. The predicted molar refractivity (Wildman–Crippen MR) is 67.8 cm³/mol. The topological polar surface area (TPSA) is 44.8 Å². The smallest absolute Gasteiger partial charge is 0.331 e. The van der Waals surface area contributed by atoms with Crippen molar-refractivity contribution in [1.82, 2.24) is 0 Å². The molecule has 1 aromatic carbocycles. The van der Waals surface area contributed by atoms with Crippen LogP contribution in [0.5, 0.6) is 11.5 Å². The number of esters is 1. The summed E-state index contributed by atoms with van der Waals surface area (Å²) in [6, 6.07) is 3.43. The first-order chi connectivity index (χ1) is 8.70. The van der Waals surface area contributed by atoms with Crippen molar-refractivity contribution in [3.63, 3.8) is 0 Å². The van der Waals surface area contributed by atoms with Crippen LogP contribution in [0.4, 0.5) is 0 Å². The van der Waals surface area contributed by atoms with Crippen LogP contribution < -0.4 is 9.47 Å². The number of hydrogen-bond donors (Lipinski definition) is 0. The van der Waals surface area contributed by atoms with Crippen molar-refractivity contribution >= 4 is 23.6 Å². The molecule has 5 heteroatoms. The zero-order valence-corrected chi connectivity index (χ0v) is 10.3. The third kappa shape index (κ3) is 2.84. The number of fused-ring (bicyclic) bond motifs is 1. The zero-order chi connectivity index (χ0) is 13.0. The molecule has 0 bridgehead atoms. The van der Waals surface area contributed by atoms with Crippen LogP contribution in [0.25, 0.3) is 6.08 Å². The summed E-state index contributed by atoms with van der Waals surface area (Å²) in [4.78, 5) is 11.2. The van der Waals surface area contributed by atoms with Crippen LogP contribution in [0.2, 0.25) is 5.02 Å². The second-order valence-electron chi connectivity index (χ2n) is 3.49. The molecule has 0 amide bonds. The number of halogens is 1. The standard InChI is InChI=1S/C13H11ClO4/c1-2-5-16-12(15)4-3-9-6-10(14)13-11(7-9)17-8-18-13/h2-4,6-7H,1,5,8H2/b4-3+. The molecule has 0 aliphatic carbocycles. The van der Waals surface area contributed by atoms with Crippen LogP contribution in [0.3, 0.4) is 0 Å². The fourth-order valence-electron chi connectivity index (χ4n) is 1.44. The summed E-state index contributed by atoms with van der Waals surface area (Å²) in [5.41, 5.74) is 0.736. The van der Waals surface area contributed by atoms with Crippen molar-refractivity contribution in [3.8, 4) is 11.5 Å². The Bertz CT molecular complexity index is 508. The molecule has 0 unspecified atom stereocenters. The molecule has 1 heterocycles. The summed E-state index contributed by atoms with van der Waals surface area (Å²) in [5.74, 6) is 0.661. The molecule has 18 heavy (non-hydrogen) atoms. The molecule has 1 aliphatic heterocycles. The minimum Gasteiger partial charge on any atom is -0.458 e. The molecular formula is C13H11ClO4. The predicted octanol–water partition coefficient (Wildman–Crippen LogP) is 2.81. The molecule has 0 spiro atoms. The van der Waals surface area contributed by atoms with Gasteiger partial charge in [-0.25, -0.2) is 4.79 Å². The molecule has 4 nitrogen and oxygen atoms in total. The van der Waals surface area contributed by atoms with Gasteiger partial charge in [0.2, 0.25) is 6.79 Å². The lowest BCUT2D eigenvalue weighted by molar-refractivity contribution is -0.136. The van der Waals surface area contributed by atoms with E-state index in [2.05, 4.69) is 6.58 Å². The normalized spacial score (nSPS) is 12.7. The summed E-state index contributed by atoms with van der Waals surface area (Å²) in [5, 5.41) is 0.448. The first kappa shape index (κ1) is 12.5. The quantitative estimate of drug-likeness (QED) is 0.478. The average molecular weight is 267 g/mol. The molecule has 0 atom stereocenters. The third-order valence-electron chi connectivity index (χ3n) is 2.20. The highest BCUT2D eigenvalue weighted by Gasteiger charge is 2.17. The van der Waals surface area contributed by atoms with Gasteiger partial charge in [-0.15, -0.1) is 0 Å². The molecule has 0 saturated heterocycles. The van der Waals surface area contributed by atoms with E-state index in [1.54, 1.807) is 18.2 Å². The summed E-state index contributed by atoms with van der Waals surface area (Å²) in [6.07, 6.45) is 4.42. The van der Waals surface area contributed by atoms with Crippen molar-refractivity contribution in [2.75, 3.05) is 13.4 Å². The summed E-state index contributed by atoms with van der Waals surface area (Å²) in [6.45, 7) is 3.79. The maximum absolute atomic E-state index is 11.2. The van der Waals surface area contributed by atoms with Gasteiger partial charge in [-0.3, -0.25) is 0 Å². The first-order valence-electron chi connectivity index (χ1n) is 5.25. The first-order valence-corrected chi connectivity index (χ1v) is 5.63. The van der Waals surface area contributed by atoms with Gasteiger partial charge in [0.1, 0.15) is 6.61 Å². The van der Waals surface area contributed by atoms with Crippen LogP contribution in [0.15, 0.2) is 30.9 Å². The highest BCUT2D eigenvalue weighted by molar-refractivity contribution is 6.32. The number of benzene rings is 1. The molecule has 0 N–H and O–H groups in total. The number of carbonyl (C=O) groups is 1. The molecule has 2 rings (SSSR count). The van der Waals surface area contributed by atoms with Crippen molar-refractivity contribution in [2.45, 2.75) is 0 Å². The molecule has 94 valence electrons. The summed E-state index contributed by atoms with van der Waals surface area (Å²) >= 11 is 6.01. The second-order valence-corrected chi connectivity index (χ2v) is 3.90. The molecule has 1 aromatic rings. The Hall–Kier alpha value is -1.94. The Morgan fingerprint density at radius 1 is 1.50 bits per heavy atom. The van der Waals surface area contributed by atoms with Gasteiger partial charge in [-0.2, -0.15) is 0 Å². The molecule has 0 aromatic heterocycles. The number of ether oxygens (including phenoxy) is 3. The Morgan fingerprint density at radius 2 is 2.33 bits per heavy atom. The van der Waals surface area contributed by atoms with Crippen LogP contribution in [-0.4, -0.2) is 19.4 Å². The third-order valence-corrected chi connectivity index (χ3v) is 2.49. The van der Waals surface area contributed by atoms with E-state index >= 15 is 0 Å². The SMILES string of the molecule is C=CCOC(=O)/C=C/c1cc(Cl)c2c(c1)OCO2. The van der Waals surface area contributed by atoms with Gasteiger partial charge in [0, 0.05) is 6.08 Å². The lowest BCUT2D eigenvalue weighted by Crippen LogP contribution is -1.99. The van der Waals surface area contributed by atoms with Crippen LogP contribution >= 0.6 is 11.6 Å². The van der Waals surface area contributed by atoms with E-state index in [9.17, 15) is 4.79 Å². The largest absolute Gasteiger partial charge is 0.458 e. The molecule has 1 aliphatic rings.